The molecule has 0 amide bonds. The van der Waals surface area contributed by atoms with E-state index >= 15 is 0 Å². The van der Waals surface area contributed by atoms with Crippen LogP contribution in [0.5, 0.6) is 11.6 Å². The van der Waals surface area contributed by atoms with Crippen molar-refractivity contribution in [2.75, 3.05) is 0 Å². The summed E-state index contributed by atoms with van der Waals surface area (Å²) in [5.74, 6) is 1.35. The molecule has 0 bridgehead atoms. The summed E-state index contributed by atoms with van der Waals surface area (Å²) >= 11 is 0. The lowest BCUT2D eigenvalue weighted by atomic mass is 10.2. The van der Waals surface area contributed by atoms with Gasteiger partial charge in [0.2, 0.25) is 5.88 Å². The molecule has 1 N–H and O–H groups in total. The molecule has 1 saturated carbocycles. The number of hydrogen-bond donors (Lipinski definition) is 1. The maximum absolute atomic E-state index is 5.78. The third-order valence-electron chi connectivity index (χ3n) is 3.27. The lowest BCUT2D eigenvalue weighted by Gasteiger charge is -2.09. The third kappa shape index (κ3) is 3.54. The van der Waals surface area contributed by atoms with Crippen molar-refractivity contribution in [2.45, 2.75) is 39.3 Å². The van der Waals surface area contributed by atoms with Crippen LogP contribution < -0.4 is 10.1 Å². The lowest BCUT2D eigenvalue weighted by Crippen LogP contribution is -2.15. The molecule has 0 aromatic carbocycles. The second kappa shape index (κ2) is 5.59. The zero-order valence-electron chi connectivity index (χ0n) is 11.9. The van der Waals surface area contributed by atoms with Crippen molar-refractivity contribution >= 4 is 0 Å². The SMILES string of the molecule is Cc1ccc(Oc2cc(CNC3CC3)cc(C)n2)cn1. The number of nitrogens with zero attached hydrogens (tertiary/aromatic N) is 2. The highest BCUT2D eigenvalue weighted by Crippen LogP contribution is 2.22. The van der Waals surface area contributed by atoms with Crippen LogP contribution in [0.25, 0.3) is 0 Å². The number of rotatable bonds is 5. The van der Waals surface area contributed by atoms with E-state index in [1.807, 2.05) is 32.0 Å². The quantitative estimate of drug-likeness (QED) is 0.906. The number of hydrogen-bond acceptors (Lipinski definition) is 4. The Morgan fingerprint density at radius 1 is 1.20 bits per heavy atom. The van der Waals surface area contributed by atoms with Gasteiger partial charge in [-0.1, -0.05) is 0 Å². The molecule has 3 rings (SSSR count). The monoisotopic (exact) mass is 269 g/mol. The van der Waals surface area contributed by atoms with Crippen LogP contribution in [0, 0.1) is 13.8 Å². The fourth-order valence-electron chi connectivity index (χ4n) is 2.05. The number of nitrogens with one attached hydrogen (secondary N) is 1. The van der Waals surface area contributed by atoms with Crippen LogP contribution in [0.3, 0.4) is 0 Å². The minimum Gasteiger partial charge on any atom is -0.437 e. The van der Waals surface area contributed by atoms with Gasteiger partial charge in [-0.15, -0.1) is 0 Å². The molecule has 1 aliphatic rings. The molecule has 0 spiro atoms. The van der Waals surface area contributed by atoms with Gasteiger partial charge < -0.3 is 10.1 Å². The fraction of sp³-hybridized carbons (Fsp3) is 0.375. The van der Waals surface area contributed by atoms with Gasteiger partial charge in [-0.25, -0.2) is 4.98 Å². The van der Waals surface area contributed by atoms with Gasteiger partial charge >= 0.3 is 0 Å². The van der Waals surface area contributed by atoms with Crippen molar-refractivity contribution in [1.82, 2.24) is 15.3 Å². The highest BCUT2D eigenvalue weighted by atomic mass is 16.5. The molecule has 4 nitrogen and oxygen atoms in total. The summed E-state index contributed by atoms with van der Waals surface area (Å²) in [5.41, 5.74) is 3.15. The van der Waals surface area contributed by atoms with Gasteiger partial charge in [0.05, 0.1) is 6.20 Å². The second-order valence-corrected chi connectivity index (χ2v) is 5.35. The molecule has 2 heterocycles. The highest BCUT2D eigenvalue weighted by molar-refractivity contribution is 5.29. The molecule has 0 aliphatic heterocycles. The Balaban J connectivity index is 1.72. The van der Waals surface area contributed by atoms with E-state index in [0.29, 0.717) is 11.9 Å². The summed E-state index contributed by atoms with van der Waals surface area (Å²) in [6.07, 6.45) is 4.31. The summed E-state index contributed by atoms with van der Waals surface area (Å²) < 4.78 is 5.78. The second-order valence-electron chi connectivity index (χ2n) is 5.35. The summed E-state index contributed by atoms with van der Waals surface area (Å²) in [6.45, 7) is 4.81. The van der Waals surface area contributed by atoms with Gasteiger partial charge in [0.1, 0.15) is 5.75 Å². The first-order valence-corrected chi connectivity index (χ1v) is 7.00. The minimum atomic E-state index is 0.628. The van der Waals surface area contributed by atoms with E-state index in [2.05, 4.69) is 21.4 Å². The van der Waals surface area contributed by atoms with Gasteiger partial charge in [-0.2, -0.15) is 0 Å². The van der Waals surface area contributed by atoms with E-state index in [1.54, 1.807) is 6.20 Å². The summed E-state index contributed by atoms with van der Waals surface area (Å²) in [7, 11) is 0. The molecule has 104 valence electrons. The summed E-state index contributed by atoms with van der Waals surface area (Å²) in [6, 6.07) is 8.63. The molecule has 0 unspecified atom stereocenters. The van der Waals surface area contributed by atoms with Crippen molar-refractivity contribution in [2.24, 2.45) is 0 Å². The Kier molecular flexibility index (Phi) is 3.65. The van der Waals surface area contributed by atoms with Crippen molar-refractivity contribution < 1.29 is 4.74 Å². The molecule has 1 aliphatic carbocycles. The number of pyridine rings is 2. The molecule has 20 heavy (non-hydrogen) atoms. The fourth-order valence-corrected chi connectivity index (χ4v) is 2.05. The van der Waals surface area contributed by atoms with Gasteiger partial charge in [-0.3, -0.25) is 4.98 Å². The molecular weight excluding hydrogens is 250 g/mol. The normalized spacial score (nSPS) is 14.3. The van der Waals surface area contributed by atoms with Gasteiger partial charge in [0.15, 0.2) is 0 Å². The molecule has 0 atom stereocenters. The molecule has 0 radical (unpaired) electrons. The number of ether oxygens (including phenoxy) is 1. The van der Waals surface area contributed by atoms with E-state index < -0.39 is 0 Å². The molecule has 0 saturated heterocycles. The lowest BCUT2D eigenvalue weighted by molar-refractivity contribution is 0.458. The zero-order valence-corrected chi connectivity index (χ0v) is 11.9. The van der Waals surface area contributed by atoms with Gasteiger partial charge in [0.25, 0.3) is 0 Å². The van der Waals surface area contributed by atoms with E-state index in [1.165, 1.54) is 18.4 Å². The Hall–Kier alpha value is -1.94. The number of aromatic nitrogens is 2. The van der Waals surface area contributed by atoms with Gasteiger partial charge in [0, 0.05) is 30.0 Å². The zero-order chi connectivity index (χ0) is 13.9. The first-order chi connectivity index (χ1) is 9.69. The molecule has 2 aromatic rings. The molecule has 2 aromatic heterocycles. The average Bonchev–Trinajstić information content (AvgIpc) is 3.23. The molecule has 4 heteroatoms. The third-order valence-corrected chi connectivity index (χ3v) is 3.27. The van der Waals surface area contributed by atoms with Crippen molar-refractivity contribution in [3.63, 3.8) is 0 Å². The van der Waals surface area contributed by atoms with Crippen LogP contribution in [0.2, 0.25) is 0 Å². The van der Waals surface area contributed by atoms with Crippen LogP contribution >= 0.6 is 0 Å². The smallest absolute Gasteiger partial charge is 0.219 e. The maximum Gasteiger partial charge on any atom is 0.219 e. The summed E-state index contributed by atoms with van der Waals surface area (Å²) in [4.78, 5) is 8.64. The van der Waals surface area contributed by atoms with Crippen LogP contribution in [0.4, 0.5) is 0 Å². The Morgan fingerprint density at radius 3 is 2.75 bits per heavy atom. The van der Waals surface area contributed by atoms with Crippen molar-refractivity contribution in [3.8, 4) is 11.6 Å². The Labute approximate surface area is 119 Å². The van der Waals surface area contributed by atoms with E-state index in [4.69, 9.17) is 4.74 Å². The molecular formula is C16H19N3O. The van der Waals surface area contributed by atoms with Crippen LogP contribution in [0.1, 0.15) is 29.8 Å². The maximum atomic E-state index is 5.78. The predicted octanol–water partition coefficient (Wildman–Crippen LogP) is 3.14. The average molecular weight is 269 g/mol. The van der Waals surface area contributed by atoms with E-state index in [9.17, 15) is 0 Å². The Bertz CT molecular complexity index is 591. The van der Waals surface area contributed by atoms with E-state index in [0.717, 1.165) is 23.7 Å². The highest BCUT2D eigenvalue weighted by Gasteiger charge is 2.20. The van der Waals surface area contributed by atoms with Crippen LogP contribution in [0.15, 0.2) is 30.5 Å². The van der Waals surface area contributed by atoms with Gasteiger partial charge in [-0.05, 0) is 50.5 Å². The van der Waals surface area contributed by atoms with Crippen molar-refractivity contribution in [1.29, 1.82) is 0 Å². The predicted molar refractivity (Wildman–Crippen MR) is 77.9 cm³/mol. The van der Waals surface area contributed by atoms with Crippen molar-refractivity contribution in [3.05, 3.63) is 47.4 Å². The molecule has 1 fully saturated rings. The largest absolute Gasteiger partial charge is 0.437 e. The summed E-state index contributed by atoms with van der Waals surface area (Å²) in [5, 5.41) is 3.50. The topological polar surface area (TPSA) is 47.0 Å². The Morgan fingerprint density at radius 2 is 2.05 bits per heavy atom. The van der Waals surface area contributed by atoms with Crippen LogP contribution in [-0.4, -0.2) is 16.0 Å². The van der Waals surface area contributed by atoms with Crippen LogP contribution in [-0.2, 0) is 6.54 Å². The standard InChI is InChI=1S/C16H19N3O/c1-11-3-6-15(10-17-11)20-16-8-13(7-12(2)19-16)9-18-14-4-5-14/h3,6-8,10,14,18H,4-5,9H2,1-2H3. The number of aryl methyl sites for hydroxylation is 2. The first-order valence-electron chi connectivity index (χ1n) is 7.00. The van der Waals surface area contributed by atoms with E-state index in [-0.39, 0.29) is 0 Å². The first kappa shape index (κ1) is 13.1. The minimum absolute atomic E-state index is 0.628.